The van der Waals surface area contributed by atoms with Crippen molar-refractivity contribution in [1.29, 1.82) is 5.26 Å². The summed E-state index contributed by atoms with van der Waals surface area (Å²) in [5, 5.41) is 19.1. The minimum Gasteiger partial charge on any atom is -0.347 e. The average Bonchev–Trinajstić information content (AvgIpc) is 3.62. The average molecular weight is 536 g/mol. The minimum absolute atomic E-state index is 0.338. The molecule has 11 heteroatoms. The Morgan fingerprint density at radius 2 is 1.97 bits per heavy atom. The van der Waals surface area contributed by atoms with Crippen molar-refractivity contribution in [3.05, 3.63) is 72.0 Å². The lowest BCUT2D eigenvalue weighted by Gasteiger charge is -2.44. The first kappa shape index (κ1) is 27.2. The summed E-state index contributed by atoms with van der Waals surface area (Å²) in [7, 11) is 3.80. The number of hydrogen-bond donors (Lipinski definition) is 3. The highest BCUT2D eigenvalue weighted by molar-refractivity contribution is 7.16. The molecule has 0 spiro atoms. The second-order valence-corrected chi connectivity index (χ2v) is 10.2. The van der Waals surface area contributed by atoms with Crippen molar-refractivity contribution < 1.29 is 4.39 Å². The van der Waals surface area contributed by atoms with Crippen LogP contribution in [0.1, 0.15) is 31.1 Å². The topological polar surface area (TPSA) is 94.8 Å². The number of likely N-dealkylation sites (tertiary alicyclic amines) is 1. The first-order valence-electron chi connectivity index (χ1n) is 12.6. The van der Waals surface area contributed by atoms with E-state index in [0.29, 0.717) is 39.8 Å². The van der Waals surface area contributed by atoms with Crippen LogP contribution in [-0.2, 0) is 0 Å². The van der Waals surface area contributed by atoms with E-state index in [9.17, 15) is 9.65 Å². The molecule has 0 amide bonds. The zero-order chi connectivity index (χ0) is 27.2. The Morgan fingerprint density at radius 3 is 2.55 bits per heavy atom. The zero-order valence-electron chi connectivity index (χ0n) is 22.0. The molecule has 0 unspecified atom stereocenters. The smallest absolute Gasteiger partial charge is 0.220 e. The number of nitrogens with zero attached hydrogens (tertiary/aromatic N) is 6. The number of nitriles is 1. The van der Waals surface area contributed by atoms with Gasteiger partial charge in [-0.2, -0.15) is 5.26 Å². The van der Waals surface area contributed by atoms with Gasteiger partial charge in [-0.3, -0.25) is 10.4 Å². The van der Waals surface area contributed by atoms with Gasteiger partial charge in [0.1, 0.15) is 28.3 Å². The summed E-state index contributed by atoms with van der Waals surface area (Å²) >= 11 is 1.27. The van der Waals surface area contributed by atoms with Gasteiger partial charge in [-0.1, -0.05) is 31.4 Å². The Hall–Kier alpha value is -3.88. The van der Waals surface area contributed by atoms with Crippen molar-refractivity contribution in [2.24, 2.45) is 4.99 Å². The number of aliphatic imine (C=N–C) groups is 1. The molecule has 2 heterocycles. The molecule has 200 valence electrons. The standard InChI is InChI=1S/C27H34FN9S/c1-6-22(34-36(5)26(31-8-3)37-16-21(17-37)32-20-13-14-20)25(30-7-2)35(4)27-33-24(23(15-29)38-27)18-9-11-19(28)12-10-18/h7-12,20-21,30,32,34H,2-3,6,13-14,16-17H2,1,4-5H3/b25-22+,31-26+. The number of hydrazine groups is 1. The molecule has 2 aromatic rings. The van der Waals surface area contributed by atoms with Crippen LogP contribution in [0.5, 0.6) is 0 Å². The quantitative estimate of drug-likeness (QED) is 0.226. The zero-order valence-corrected chi connectivity index (χ0v) is 22.9. The van der Waals surface area contributed by atoms with Crippen molar-refractivity contribution in [2.75, 3.05) is 32.1 Å². The molecule has 2 aliphatic rings. The fourth-order valence-corrected chi connectivity index (χ4v) is 5.11. The summed E-state index contributed by atoms with van der Waals surface area (Å²) in [5.41, 5.74) is 5.55. The van der Waals surface area contributed by atoms with Crippen molar-refractivity contribution in [2.45, 2.75) is 38.3 Å². The molecule has 4 rings (SSSR count). The number of aromatic nitrogens is 1. The predicted octanol–water partition coefficient (Wildman–Crippen LogP) is 3.94. The van der Waals surface area contributed by atoms with E-state index in [4.69, 9.17) is 4.98 Å². The first-order chi connectivity index (χ1) is 18.4. The van der Waals surface area contributed by atoms with E-state index in [1.54, 1.807) is 24.5 Å². The maximum atomic E-state index is 13.4. The minimum atomic E-state index is -0.338. The summed E-state index contributed by atoms with van der Waals surface area (Å²) in [4.78, 5) is 13.8. The number of halogens is 1. The fraction of sp³-hybridized carbons (Fsp3) is 0.370. The van der Waals surface area contributed by atoms with Gasteiger partial charge >= 0.3 is 0 Å². The maximum absolute atomic E-state index is 13.4. The number of hydrogen-bond acceptors (Lipinski definition) is 8. The summed E-state index contributed by atoms with van der Waals surface area (Å²) < 4.78 is 13.4. The Morgan fingerprint density at radius 1 is 1.26 bits per heavy atom. The van der Waals surface area contributed by atoms with E-state index in [-0.39, 0.29) is 5.82 Å². The molecule has 1 aliphatic heterocycles. The van der Waals surface area contributed by atoms with Crippen molar-refractivity contribution in [3.63, 3.8) is 0 Å². The van der Waals surface area contributed by atoms with Crippen LogP contribution in [0, 0.1) is 17.1 Å². The molecule has 38 heavy (non-hydrogen) atoms. The molecule has 0 radical (unpaired) electrons. The predicted molar refractivity (Wildman–Crippen MR) is 151 cm³/mol. The Balaban J connectivity index is 1.56. The first-order valence-corrected chi connectivity index (χ1v) is 13.4. The van der Waals surface area contributed by atoms with Gasteiger partial charge in [0.15, 0.2) is 5.13 Å². The summed E-state index contributed by atoms with van der Waals surface area (Å²) in [6.45, 7) is 11.5. The molecule has 1 saturated carbocycles. The molecule has 2 fully saturated rings. The van der Waals surface area contributed by atoms with Crippen LogP contribution in [0.3, 0.4) is 0 Å². The van der Waals surface area contributed by atoms with Gasteiger partial charge in [-0.05, 0) is 49.7 Å². The van der Waals surface area contributed by atoms with Crippen LogP contribution in [-0.4, -0.2) is 60.1 Å². The number of thiazole rings is 1. The van der Waals surface area contributed by atoms with Gasteiger partial charge in [0.05, 0.1) is 5.70 Å². The highest BCUT2D eigenvalue weighted by atomic mass is 32.1. The van der Waals surface area contributed by atoms with Crippen molar-refractivity contribution in [3.8, 4) is 17.3 Å². The van der Waals surface area contributed by atoms with Gasteiger partial charge in [-0.15, -0.1) is 0 Å². The highest BCUT2D eigenvalue weighted by Crippen LogP contribution is 2.33. The van der Waals surface area contributed by atoms with Gasteiger partial charge in [0.25, 0.3) is 0 Å². The summed E-state index contributed by atoms with van der Waals surface area (Å²) in [6, 6.07) is 9.36. The fourth-order valence-electron chi connectivity index (χ4n) is 4.25. The van der Waals surface area contributed by atoms with E-state index in [0.717, 1.165) is 30.6 Å². The van der Waals surface area contributed by atoms with E-state index in [2.05, 4.69) is 45.2 Å². The van der Waals surface area contributed by atoms with Crippen LogP contribution in [0.4, 0.5) is 9.52 Å². The van der Waals surface area contributed by atoms with Gasteiger partial charge in [0, 0.05) is 51.0 Å². The SMILES string of the molecule is C=C/N=C(/N1CC(NC2CC2)C1)N(C)N/C(CC)=C(\NC=C)N(C)c1nc(-c2ccc(F)cc2)c(C#N)s1. The molecule has 9 nitrogen and oxygen atoms in total. The molecular formula is C27H34FN9S. The molecule has 0 atom stereocenters. The van der Waals surface area contributed by atoms with Crippen LogP contribution < -0.4 is 21.0 Å². The Kier molecular flexibility index (Phi) is 8.66. The number of benzene rings is 1. The summed E-state index contributed by atoms with van der Waals surface area (Å²) in [5.74, 6) is 1.17. The summed E-state index contributed by atoms with van der Waals surface area (Å²) in [6.07, 6.45) is 6.35. The van der Waals surface area contributed by atoms with Crippen molar-refractivity contribution in [1.82, 2.24) is 31.0 Å². The van der Waals surface area contributed by atoms with Gasteiger partial charge in [0.2, 0.25) is 5.96 Å². The normalized spacial score (nSPS) is 16.2. The maximum Gasteiger partial charge on any atom is 0.220 e. The number of anilines is 1. The number of allylic oxidation sites excluding steroid dienone is 1. The Bertz CT molecular complexity index is 1250. The Labute approximate surface area is 227 Å². The number of rotatable bonds is 11. The molecular weight excluding hydrogens is 501 g/mol. The molecule has 1 saturated heterocycles. The lowest BCUT2D eigenvalue weighted by atomic mass is 10.1. The molecule has 1 aromatic carbocycles. The largest absolute Gasteiger partial charge is 0.347 e. The van der Waals surface area contributed by atoms with E-state index < -0.39 is 0 Å². The lowest BCUT2D eigenvalue weighted by Crippen LogP contribution is -2.64. The molecule has 1 aliphatic carbocycles. The van der Waals surface area contributed by atoms with Crippen LogP contribution in [0.15, 0.2) is 66.3 Å². The van der Waals surface area contributed by atoms with Crippen LogP contribution >= 0.6 is 11.3 Å². The second kappa shape index (κ2) is 12.1. The molecule has 1 aromatic heterocycles. The van der Waals surface area contributed by atoms with Gasteiger partial charge in [-0.25, -0.2) is 14.4 Å². The number of nitrogens with one attached hydrogen (secondary N) is 3. The molecule has 3 N–H and O–H groups in total. The second-order valence-electron chi connectivity index (χ2n) is 9.21. The highest BCUT2D eigenvalue weighted by Gasteiger charge is 2.35. The van der Waals surface area contributed by atoms with Gasteiger partial charge < -0.3 is 20.4 Å². The van der Waals surface area contributed by atoms with Crippen LogP contribution in [0.2, 0.25) is 0 Å². The molecule has 0 bridgehead atoms. The van der Waals surface area contributed by atoms with E-state index >= 15 is 0 Å². The van der Waals surface area contributed by atoms with Crippen LogP contribution in [0.25, 0.3) is 11.3 Å². The third kappa shape index (κ3) is 6.15. The van der Waals surface area contributed by atoms with E-state index in [1.807, 2.05) is 30.9 Å². The third-order valence-corrected chi connectivity index (χ3v) is 7.39. The monoisotopic (exact) mass is 535 g/mol. The third-order valence-electron chi connectivity index (χ3n) is 6.36. The number of guanidine groups is 1. The van der Waals surface area contributed by atoms with Crippen molar-refractivity contribution >= 4 is 22.4 Å². The van der Waals surface area contributed by atoms with E-state index in [1.165, 1.54) is 36.3 Å². The lowest BCUT2D eigenvalue weighted by molar-refractivity contribution is 0.181.